The van der Waals surface area contributed by atoms with Crippen LogP contribution in [-0.4, -0.2) is 68.1 Å². The maximum absolute atomic E-state index is 13.5. The number of rotatable bonds is 8. The first-order valence-electron chi connectivity index (χ1n) is 13.9. The molecule has 5 heterocycles. The number of aromatic nitrogens is 3. The molecule has 1 atom stereocenters. The number of carbonyl (C=O) groups is 3. The molecule has 2 aliphatic heterocycles. The summed E-state index contributed by atoms with van der Waals surface area (Å²) in [7, 11) is 0. The first-order valence-corrected chi connectivity index (χ1v) is 14.8. The highest BCUT2D eigenvalue weighted by atomic mass is 32.1. The summed E-state index contributed by atoms with van der Waals surface area (Å²) >= 11 is 1.36. The zero-order valence-corrected chi connectivity index (χ0v) is 24.2. The average molecular weight is 604 g/mol. The molecule has 2 aliphatic rings. The Kier molecular flexibility index (Phi) is 7.80. The Hall–Kier alpha value is -4.78. The van der Waals surface area contributed by atoms with E-state index < -0.39 is 12.0 Å². The first kappa shape index (κ1) is 28.3. The molecule has 2 fully saturated rings. The van der Waals surface area contributed by atoms with Gasteiger partial charge in [-0.15, -0.1) is 11.3 Å². The van der Waals surface area contributed by atoms with Crippen LogP contribution in [0.2, 0.25) is 0 Å². The molecular formula is C30H30FN7O4S. The van der Waals surface area contributed by atoms with Crippen molar-refractivity contribution in [1.29, 1.82) is 0 Å². The Morgan fingerprint density at radius 1 is 1.16 bits per heavy atom. The minimum absolute atomic E-state index is 0.0181. The van der Waals surface area contributed by atoms with E-state index in [9.17, 15) is 23.9 Å². The number of carbonyl (C=O) groups excluding carboxylic acids is 2. The van der Waals surface area contributed by atoms with E-state index in [0.29, 0.717) is 41.7 Å². The maximum atomic E-state index is 13.5. The van der Waals surface area contributed by atoms with Gasteiger partial charge in [0.1, 0.15) is 5.69 Å². The number of likely N-dealkylation sites (tertiary alicyclic amines) is 1. The third kappa shape index (κ3) is 5.93. The van der Waals surface area contributed by atoms with Crippen LogP contribution in [0, 0.1) is 5.95 Å². The smallest absolute Gasteiger partial charge is 0.412 e. The molecule has 222 valence electrons. The summed E-state index contributed by atoms with van der Waals surface area (Å²) in [5, 5.41) is 15.2. The molecule has 0 aliphatic carbocycles. The SMILES string of the molecule is CC(=O)N1CC(N(C(=O)O)c2ccc(N3CCCC3c3csc(NC(=O)c4cccn4Cc4ccnc(F)c4)n3)cc2)C1. The summed E-state index contributed by atoms with van der Waals surface area (Å²) in [6, 6.07) is 13.7. The summed E-state index contributed by atoms with van der Waals surface area (Å²) in [5.74, 6) is -0.934. The highest BCUT2D eigenvalue weighted by Gasteiger charge is 2.37. The topological polar surface area (TPSA) is 124 Å². The van der Waals surface area contributed by atoms with Crippen LogP contribution in [0.3, 0.4) is 0 Å². The maximum Gasteiger partial charge on any atom is 0.412 e. The van der Waals surface area contributed by atoms with Crippen LogP contribution in [0.15, 0.2) is 66.3 Å². The summed E-state index contributed by atoms with van der Waals surface area (Å²) in [4.78, 5) is 50.2. The second kappa shape index (κ2) is 11.8. The summed E-state index contributed by atoms with van der Waals surface area (Å²) in [5.41, 5.74) is 3.51. The van der Waals surface area contributed by atoms with Crippen LogP contribution >= 0.6 is 11.3 Å². The van der Waals surface area contributed by atoms with Gasteiger partial charge in [0.25, 0.3) is 5.91 Å². The molecule has 0 bridgehead atoms. The molecule has 0 saturated carbocycles. The lowest BCUT2D eigenvalue weighted by Gasteiger charge is -2.43. The molecule has 1 aromatic carbocycles. The van der Waals surface area contributed by atoms with Crippen molar-refractivity contribution in [1.82, 2.24) is 19.4 Å². The van der Waals surface area contributed by atoms with Crippen molar-refractivity contribution in [3.8, 4) is 0 Å². The highest BCUT2D eigenvalue weighted by molar-refractivity contribution is 7.14. The molecule has 2 saturated heterocycles. The van der Waals surface area contributed by atoms with Gasteiger partial charge >= 0.3 is 6.09 Å². The lowest BCUT2D eigenvalue weighted by molar-refractivity contribution is -0.133. The van der Waals surface area contributed by atoms with E-state index in [1.165, 1.54) is 35.4 Å². The second-order valence-electron chi connectivity index (χ2n) is 10.6. The number of pyridine rings is 1. The second-order valence-corrected chi connectivity index (χ2v) is 11.5. The number of nitrogens with one attached hydrogen (secondary N) is 1. The molecule has 1 unspecified atom stereocenters. The van der Waals surface area contributed by atoms with Crippen molar-refractivity contribution in [2.24, 2.45) is 0 Å². The van der Waals surface area contributed by atoms with Gasteiger partial charge in [0, 0.05) is 62.3 Å². The Bertz CT molecular complexity index is 1650. The number of halogens is 1. The predicted molar refractivity (Wildman–Crippen MR) is 160 cm³/mol. The van der Waals surface area contributed by atoms with Gasteiger partial charge in [-0.05, 0) is 66.9 Å². The van der Waals surface area contributed by atoms with Gasteiger partial charge in [0.2, 0.25) is 11.9 Å². The van der Waals surface area contributed by atoms with Crippen molar-refractivity contribution in [3.05, 3.63) is 89.2 Å². The molecule has 13 heteroatoms. The van der Waals surface area contributed by atoms with Gasteiger partial charge in [0.05, 0.1) is 17.8 Å². The van der Waals surface area contributed by atoms with Gasteiger partial charge in [-0.25, -0.2) is 14.8 Å². The van der Waals surface area contributed by atoms with E-state index in [4.69, 9.17) is 4.98 Å². The third-order valence-corrected chi connectivity index (χ3v) is 8.66. The van der Waals surface area contributed by atoms with Crippen molar-refractivity contribution in [3.63, 3.8) is 0 Å². The van der Waals surface area contributed by atoms with Gasteiger partial charge in [-0.2, -0.15) is 4.39 Å². The summed E-state index contributed by atoms with van der Waals surface area (Å²) in [6.07, 6.45) is 3.99. The molecule has 2 N–H and O–H groups in total. The molecular weight excluding hydrogens is 573 g/mol. The molecule has 3 aromatic heterocycles. The fraction of sp³-hybridized carbons (Fsp3) is 0.300. The Morgan fingerprint density at radius 2 is 1.95 bits per heavy atom. The summed E-state index contributed by atoms with van der Waals surface area (Å²) < 4.78 is 15.3. The largest absolute Gasteiger partial charge is 0.465 e. The van der Waals surface area contributed by atoms with Crippen LogP contribution in [0.4, 0.5) is 25.7 Å². The van der Waals surface area contributed by atoms with Gasteiger partial charge in [0.15, 0.2) is 5.13 Å². The van der Waals surface area contributed by atoms with Crippen LogP contribution < -0.4 is 15.1 Å². The van der Waals surface area contributed by atoms with E-state index in [2.05, 4.69) is 15.2 Å². The van der Waals surface area contributed by atoms with E-state index in [1.54, 1.807) is 46.0 Å². The first-order chi connectivity index (χ1) is 20.8. The average Bonchev–Trinajstić information content (AvgIpc) is 3.71. The molecule has 3 amide bonds. The van der Waals surface area contributed by atoms with E-state index in [1.807, 2.05) is 17.5 Å². The van der Waals surface area contributed by atoms with Crippen LogP contribution in [0.1, 0.15) is 47.6 Å². The van der Waals surface area contributed by atoms with Crippen molar-refractivity contribution >= 4 is 45.8 Å². The quantitative estimate of drug-likeness (QED) is 0.276. The van der Waals surface area contributed by atoms with Gasteiger partial charge in [-0.1, -0.05) is 0 Å². The monoisotopic (exact) mass is 603 g/mol. The van der Waals surface area contributed by atoms with Crippen LogP contribution in [0.5, 0.6) is 0 Å². The van der Waals surface area contributed by atoms with E-state index in [0.717, 1.165) is 30.8 Å². The van der Waals surface area contributed by atoms with Crippen LogP contribution in [0.25, 0.3) is 0 Å². The fourth-order valence-electron chi connectivity index (χ4n) is 5.69. The zero-order chi connectivity index (χ0) is 30.1. The number of anilines is 3. The molecule has 0 radical (unpaired) electrons. The predicted octanol–water partition coefficient (Wildman–Crippen LogP) is 4.84. The number of nitrogens with zero attached hydrogens (tertiary/aromatic N) is 6. The Morgan fingerprint density at radius 3 is 2.67 bits per heavy atom. The third-order valence-electron chi connectivity index (χ3n) is 7.88. The van der Waals surface area contributed by atoms with E-state index in [-0.39, 0.29) is 23.9 Å². The Balaban J connectivity index is 1.12. The fourth-order valence-corrected chi connectivity index (χ4v) is 6.45. The normalized spacial score (nSPS) is 16.7. The lowest BCUT2D eigenvalue weighted by Crippen LogP contribution is -2.62. The highest BCUT2D eigenvalue weighted by Crippen LogP contribution is 2.38. The number of hydrogen-bond acceptors (Lipinski definition) is 7. The van der Waals surface area contributed by atoms with Gasteiger partial charge in [-0.3, -0.25) is 19.8 Å². The number of benzene rings is 1. The number of thiazole rings is 1. The van der Waals surface area contributed by atoms with Crippen molar-refractivity contribution in [2.45, 2.75) is 38.4 Å². The number of hydrogen-bond donors (Lipinski definition) is 2. The Labute approximate surface area is 251 Å². The zero-order valence-electron chi connectivity index (χ0n) is 23.4. The lowest BCUT2D eigenvalue weighted by atomic mass is 10.1. The van der Waals surface area contributed by atoms with E-state index >= 15 is 0 Å². The molecule has 11 nitrogen and oxygen atoms in total. The minimum Gasteiger partial charge on any atom is -0.465 e. The molecule has 6 rings (SSSR count). The van der Waals surface area contributed by atoms with Crippen molar-refractivity contribution in [2.75, 3.05) is 34.8 Å². The standard InChI is InChI=1S/C30H30FN7O4S/c1-19(39)36-16-23(17-36)38(30(41)42)22-8-6-21(7-9-22)37-13-3-4-25(37)24-18-43-29(33-24)34-28(40)26-5-2-12-35(26)15-20-10-11-32-27(31)14-20/h2,5-12,14,18,23,25H,3-4,13,15-17H2,1H3,(H,41,42)(H,33,34,40). The van der Waals surface area contributed by atoms with Crippen LogP contribution in [-0.2, 0) is 11.3 Å². The molecule has 4 aromatic rings. The van der Waals surface area contributed by atoms with Crippen molar-refractivity contribution < 1.29 is 23.9 Å². The molecule has 43 heavy (non-hydrogen) atoms. The number of carboxylic acid groups (broad SMARTS) is 1. The van der Waals surface area contributed by atoms with Gasteiger partial charge < -0.3 is 19.5 Å². The molecule has 0 spiro atoms. The minimum atomic E-state index is -1.05. The summed E-state index contributed by atoms with van der Waals surface area (Å²) in [6.45, 7) is 3.41. The number of amides is 3.